The number of halogens is 1. The Morgan fingerprint density at radius 2 is 1.95 bits per heavy atom. The van der Waals surface area contributed by atoms with E-state index in [0.717, 1.165) is 6.42 Å². The third kappa shape index (κ3) is 2.88. The molecule has 1 aromatic carbocycles. The summed E-state index contributed by atoms with van der Waals surface area (Å²) in [5.74, 6) is -0.116. The second-order valence-corrected chi connectivity index (χ2v) is 5.15. The van der Waals surface area contributed by atoms with Gasteiger partial charge in [0.05, 0.1) is 21.0 Å². The van der Waals surface area contributed by atoms with Crippen LogP contribution in [0.4, 0.5) is 11.4 Å². The highest BCUT2D eigenvalue weighted by molar-refractivity contribution is 6.35. The van der Waals surface area contributed by atoms with Crippen LogP contribution in [0.2, 0.25) is 5.02 Å². The van der Waals surface area contributed by atoms with Gasteiger partial charge in [-0.2, -0.15) is 0 Å². The van der Waals surface area contributed by atoms with Gasteiger partial charge in [0.25, 0.3) is 5.69 Å². The largest absolute Gasteiger partial charge is 0.324 e. The number of non-ortho nitro benzene ring substituents is 1. The van der Waals surface area contributed by atoms with Crippen LogP contribution in [-0.4, -0.2) is 10.8 Å². The lowest BCUT2D eigenvalue weighted by Gasteiger charge is -2.25. The van der Waals surface area contributed by atoms with Gasteiger partial charge in [0.15, 0.2) is 0 Å². The van der Waals surface area contributed by atoms with Gasteiger partial charge in [-0.15, -0.1) is 0 Å². The van der Waals surface area contributed by atoms with Gasteiger partial charge in [0.1, 0.15) is 0 Å². The number of rotatable bonds is 4. The highest BCUT2D eigenvalue weighted by Crippen LogP contribution is 2.47. The first-order valence-corrected chi connectivity index (χ1v) is 7.64. The van der Waals surface area contributed by atoms with Crippen LogP contribution in [0.5, 0.6) is 0 Å². The fourth-order valence-corrected chi connectivity index (χ4v) is 3.02. The van der Waals surface area contributed by atoms with Crippen LogP contribution in [0.1, 0.15) is 52.5 Å². The Hall–Kier alpha value is -1.62. The Morgan fingerprint density at radius 1 is 1.33 bits per heavy atom. The van der Waals surface area contributed by atoms with Crippen molar-refractivity contribution in [2.24, 2.45) is 0 Å². The van der Waals surface area contributed by atoms with E-state index in [-0.39, 0.29) is 16.6 Å². The number of hydrogen-bond donors (Lipinski definition) is 1. The molecule has 0 aliphatic carbocycles. The van der Waals surface area contributed by atoms with Crippen molar-refractivity contribution in [3.05, 3.63) is 32.8 Å². The number of anilines is 1. The van der Waals surface area contributed by atoms with Crippen LogP contribution in [0.15, 0.2) is 12.1 Å². The molecule has 0 spiro atoms. The minimum absolute atomic E-state index is 0.0748. The number of amides is 1. The van der Waals surface area contributed by atoms with Crippen LogP contribution in [0, 0.1) is 10.1 Å². The van der Waals surface area contributed by atoms with Crippen molar-refractivity contribution in [3.63, 3.8) is 0 Å². The Kier molecular flexibility index (Phi) is 5.72. The van der Waals surface area contributed by atoms with E-state index in [1.165, 1.54) is 12.1 Å². The number of carbonyl (C=O) groups is 1. The molecule has 0 bridgehead atoms. The zero-order chi connectivity index (χ0) is 16.2. The lowest BCUT2D eigenvalue weighted by atomic mass is 9.75. The van der Waals surface area contributed by atoms with Crippen LogP contribution < -0.4 is 5.32 Å². The minimum Gasteiger partial charge on any atom is -0.324 e. The molecule has 1 atom stereocenters. The van der Waals surface area contributed by atoms with Gasteiger partial charge >= 0.3 is 0 Å². The topological polar surface area (TPSA) is 72.2 Å². The molecule has 2 rings (SSSR count). The third-order valence-electron chi connectivity index (χ3n) is 3.75. The molecule has 0 aromatic heterocycles. The number of nitro benzene ring substituents is 1. The van der Waals surface area contributed by atoms with Crippen LogP contribution in [0.25, 0.3) is 0 Å². The highest BCUT2D eigenvalue weighted by atomic mass is 35.5. The van der Waals surface area contributed by atoms with Gasteiger partial charge in [0, 0.05) is 12.1 Å². The van der Waals surface area contributed by atoms with Gasteiger partial charge < -0.3 is 5.32 Å². The van der Waals surface area contributed by atoms with E-state index in [0.29, 0.717) is 24.1 Å². The van der Waals surface area contributed by atoms with E-state index in [1.807, 2.05) is 27.7 Å². The maximum absolute atomic E-state index is 12.3. The average Bonchev–Trinajstić information content (AvgIpc) is 2.75. The fourth-order valence-electron chi connectivity index (χ4n) is 2.76. The van der Waals surface area contributed by atoms with Crippen LogP contribution in [0.3, 0.4) is 0 Å². The summed E-state index contributed by atoms with van der Waals surface area (Å²) in [6.07, 6.45) is 2.07. The van der Waals surface area contributed by atoms with E-state index in [2.05, 4.69) is 5.32 Å². The number of benzene rings is 1. The molecule has 1 amide bonds. The molecule has 1 unspecified atom stereocenters. The van der Waals surface area contributed by atoms with Gasteiger partial charge in [-0.25, -0.2) is 0 Å². The summed E-state index contributed by atoms with van der Waals surface area (Å²) in [6, 6.07) is 2.75. The van der Waals surface area contributed by atoms with Crippen LogP contribution in [-0.2, 0) is 10.2 Å². The molecular weight excluding hydrogens is 292 g/mol. The first-order chi connectivity index (χ1) is 9.96. The average molecular weight is 313 g/mol. The number of nitrogens with zero attached hydrogens (tertiary/aromatic N) is 1. The normalized spacial score (nSPS) is 19.4. The van der Waals surface area contributed by atoms with Crippen molar-refractivity contribution in [2.45, 2.75) is 52.4 Å². The predicted molar refractivity (Wildman–Crippen MR) is 85.0 cm³/mol. The Balaban J connectivity index is 0.00000106. The smallest absolute Gasteiger partial charge is 0.271 e. The molecule has 116 valence electrons. The summed E-state index contributed by atoms with van der Waals surface area (Å²) in [7, 11) is 0. The highest BCUT2D eigenvalue weighted by Gasteiger charge is 2.46. The molecule has 1 aliphatic heterocycles. The lowest BCUT2D eigenvalue weighted by molar-refractivity contribution is -0.384. The van der Waals surface area contributed by atoms with Gasteiger partial charge in [0.2, 0.25) is 5.91 Å². The number of nitrogens with one attached hydrogen (secondary N) is 1. The Bertz CT molecular complexity index is 560. The number of nitro groups is 1. The van der Waals surface area contributed by atoms with Crippen molar-refractivity contribution in [3.8, 4) is 0 Å². The van der Waals surface area contributed by atoms with E-state index >= 15 is 0 Å². The quantitative estimate of drug-likeness (QED) is 0.648. The molecule has 0 saturated carbocycles. The molecule has 1 aromatic rings. The Labute approximate surface area is 129 Å². The van der Waals surface area contributed by atoms with Gasteiger partial charge in [-0.05, 0) is 18.4 Å². The van der Waals surface area contributed by atoms with E-state index < -0.39 is 10.3 Å². The Morgan fingerprint density at radius 3 is 2.43 bits per heavy atom. The SMILES string of the molecule is CC.CCCC1(CC)C(=O)Nc2c(Cl)cc([N+](=O)[O-])cc21. The van der Waals surface area contributed by atoms with Crippen molar-refractivity contribution in [1.29, 1.82) is 0 Å². The number of fused-ring (bicyclic) bond motifs is 1. The maximum atomic E-state index is 12.3. The lowest BCUT2D eigenvalue weighted by Crippen LogP contribution is -2.33. The monoisotopic (exact) mass is 312 g/mol. The van der Waals surface area contributed by atoms with Crippen LogP contribution >= 0.6 is 11.6 Å². The van der Waals surface area contributed by atoms with E-state index in [1.54, 1.807) is 0 Å². The summed E-state index contributed by atoms with van der Waals surface area (Å²) >= 11 is 6.05. The first kappa shape index (κ1) is 17.4. The molecule has 0 fully saturated rings. The molecule has 1 heterocycles. The van der Waals surface area contributed by atoms with E-state index in [9.17, 15) is 14.9 Å². The second kappa shape index (κ2) is 6.89. The zero-order valence-corrected chi connectivity index (χ0v) is 13.6. The van der Waals surface area contributed by atoms with Gasteiger partial charge in [-0.3, -0.25) is 14.9 Å². The summed E-state index contributed by atoms with van der Waals surface area (Å²) in [4.78, 5) is 22.7. The molecule has 6 heteroatoms. The van der Waals surface area contributed by atoms with Crippen molar-refractivity contribution < 1.29 is 9.72 Å². The molecule has 21 heavy (non-hydrogen) atoms. The summed E-state index contributed by atoms with van der Waals surface area (Å²) in [5, 5.41) is 13.9. The second-order valence-electron chi connectivity index (χ2n) is 4.75. The third-order valence-corrected chi connectivity index (χ3v) is 4.05. The molecule has 1 N–H and O–H groups in total. The molecular formula is C15H21ClN2O3. The molecule has 1 aliphatic rings. The first-order valence-electron chi connectivity index (χ1n) is 7.26. The minimum atomic E-state index is -0.695. The summed E-state index contributed by atoms with van der Waals surface area (Å²) in [5.41, 5.74) is 0.405. The molecule has 0 saturated heterocycles. The van der Waals surface area contributed by atoms with Crippen molar-refractivity contribution in [1.82, 2.24) is 0 Å². The summed E-state index contributed by atoms with van der Waals surface area (Å²) < 4.78 is 0. The number of hydrogen-bond acceptors (Lipinski definition) is 3. The van der Waals surface area contributed by atoms with Crippen molar-refractivity contribution >= 4 is 28.9 Å². The molecule has 5 nitrogen and oxygen atoms in total. The summed E-state index contributed by atoms with van der Waals surface area (Å²) in [6.45, 7) is 7.90. The van der Waals surface area contributed by atoms with E-state index in [4.69, 9.17) is 11.6 Å². The van der Waals surface area contributed by atoms with Gasteiger partial charge in [-0.1, -0.05) is 45.7 Å². The predicted octanol–water partition coefficient (Wildman–Crippen LogP) is 4.67. The fraction of sp³-hybridized carbons (Fsp3) is 0.533. The zero-order valence-electron chi connectivity index (χ0n) is 12.8. The number of carbonyl (C=O) groups excluding carboxylic acids is 1. The van der Waals surface area contributed by atoms with Crippen molar-refractivity contribution in [2.75, 3.05) is 5.32 Å². The maximum Gasteiger partial charge on any atom is 0.271 e. The standard InChI is InChI=1S/C13H15ClN2O3.C2H6/c1-3-5-13(4-2)9-6-8(16(18)19)7-10(14)11(9)15-12(13)17;1-2/h6-7H,3-5H2,1-2H3,(H,15,17);1-2H3. The molecule has 0 radical (unpaired) electrons.